The zero-order valence-electron chi connectivity index (χ0n) is 16.5. The van der Waals surface area contributed by atoms with Gasteiger partial charge in [0.15, 0.2) is 0 Å². The Labute approximate surface area is 182 Å². The van der Waals surface area contributed by atoms with Gasteiger partial charge < -0.3 is 9.47 Å². The number of benzene rings is 2. The number of hydrogen-bond acceptors (Lipinski definition) is 2. The molecule has 2 aromatic carbocycles. The Kier molecular flexibility index (Phi) is 5.60. The van der Waals surface area contributed by atoms with Gasteiger partial charge in [0.05, 0.1) is 22.1 Å². The summed E-state index contributed by atoms with van der Waals surface area (Å²) in [7, 11) is 0. The Morgan fingerprint density at radius 1 is 0.966 bits per heavy atom. The molecule has 0 bridgehead atoms. The predicted octanol–water partition coefficient (Wildman–Crippen LogP) is 7.40. The molecule has 1 unspecified atom stereocenters. The third-order valence-electron chi connectivity index (χ3n) is 6.37. The summed E-state index contributed by atoms with van der Waals surface area (Å²) < 4.78 is 13.1. The number of hydrogen-bond donors (Lipinski definition) is 0. The van der Waals surface area contributed by atoms with E-state index >= 15 is 0 Å². The third kappa shape index (κ3) is 4.08. The van der Waals surface area contributed by atoms with E-state index in [9.17, 15) is 0 Å². The molecule has 152 valence electrons. The zero-order chi connectivity index (χ0) is 19.8. The molecule has 2 nitrogen and oxygen atoms in total. The van der Waals surface area contributed by atoms with Crippen molar-refractivity contribution in [3.05, 3.63) is 80.5 Å². The lowest BCUT2D eigenvalue weighted by molar-refractivity contribution is -0.0134. The van der Waals surface area contributed by atoms with E-state index in [0.29, 0.717) is 10.0 Å². The average molecular weight is 429 g/mol. The summed E-state index contributed by atoms with van der Waals surface area (Å²) in [6.45, 7) is 0.817. The molecule has 1 heterocycles. The number of allylic oxidation sites excluding steroid dienone is 1. The molecule has 5 rings (SSSR count). The van der Waals surface area contributed by atoms with Crippen LogP contribution in [0.1, 0.15) is 67.2 Å². The van der Waals surface area contributed by atoms with Crippen LogP contribution < -0.4 is 0 Å². The maximum absolute atomic E-state index is 6.83. The minimum Gasteiger partial charge on any atom is -0.489 e. The molecule has 1 saturated carbocycles. The second-order valence-corrected chi connectivity index (χ2v) is 9.18. The van der Waals surface area contributed by atoms with Crippen molar-refractivity contribution in [1.82, 2.24) is 0 Å². The second-order valence-electron chi connectivity index (χ2n) is 8.37. The number of fused-ring (bicyclic) bond motifs is 1. The fourth-order valence-electron chi connectivity index (χ4n) is 4.75. The highest BCUT2D eigenvalue weighted by Gasteiger charge is 2.37. The minimum absolute atomic E-state index is 0.0790. The Hall–Kier alpha value is -1.48. The van der Waals surface area contributed by atoms with Gasteiger partial charge in [0.2, 0.25) is 0 Å². The van der Waals surface area contributed by atoms with Crippen LogP contribution in [0, 0.1) is 0 Å². The van der Waals surface area contributed by atoms with E-state index in [2.05, 4.69) is 30.3 Å². The summed E-state index contributed by atoms with van der Waals surface area (Å²) in [5, 5.41) is 1.18. The van der Waals surface area contributed by atoms with E-state index in [-0.39, 0.29) is 18.1 Å². The molecule has 3 atom stereocenters. The van der Waals surface area contributed by atoms with Gasteiger partial charge in [0.25, 0.3) is 0 Å². The molecule has 1 saturated heterocycles. The van der Waals surface area contributed by atoms with Crippen LogP contribution in [0.15, 0.2) is 53.8 Å². The van der Waals surface area contributed by atoms with Gasteiger partial charge in [-0.15, -0.1) is 0 Å². The normalized spacial score (nSPS) is 24.1. The first kappa shape index (κ1) is 19.5. The van der Waals surface area contributed by atoms with Gasteiger partial charge in [-0.2, -0.15) is 0 Å². The van der Waals surface area contributed by atoms with Crippen LogP contribution in [0.2, 0.25) is 10.0 Å². The summed E-state index contributed by atoms with van der Waals surface area (Å²) in [5.41, 5.74) is 5.33. The van der Waals surface area contributed by atoms with Crippen molar-refractivity contribution in [2.75, 3.05) is 6.61 Å². The van der Waals surface area contributed by atoms with Gasteiger partial charge in [-0.1, -0.05) is 53.5 Å². The molecule has 0 aromatic heterocycles. The van der Waals surface area contributed by atoms with Gasteiger partial charge in [0, 0.05) is 6.61 Å². The highest BCUT2D eigenvalue weighted by molar-refractivity contribution is 6.42. The summed E-state index contributed by atoms with van der Waals surface area (Å²) in [4.78, 5) is 0. The molecule has 3 aliphatic rings. The van der Waals surface area contributed by atoms with Gasteiger partial charge in [0.1, 0.15) is 11.9 Å². The van der Waals surface area contributed by atoms with Gasteiger partial charge in [-0.05, 0) is 79.3 Å². The van der Waals surface area contributed by atoms with Crippen molar-refractivity contribution in [3.63, 3.8) is 0 Å². The van der Waals surface area contributed by atoms with E-state index < -0.39 is 0 Å². The first-order chi connectivity index (χ1) is 14.2. The lowest BCUT2D eigenvalue weighted by Gasteiger charge is -2.34. The maximum Gasteiger partial charge on any atom is 0.124 e. The first-order valence-corrected chi connectivity index (χ1v) is 11.5. The van der Waals surface area contributed by atoms with E-state index in [4.69, 9.17) is 32.7 Å². The molecule has 0 amide bonds. The summed E-state index contributed by atoms with van der Waals surface area (Å²) >= 11 is 12.6. The van der Waals surface area contributed by atoms with Crippen molar-refractivity contribution < 1.29 is 9.47 Å². The second kappa shape index (κ2) is 8.34. The SMILES string of the molecule is Clc1ccc([C@@H](C(OC2CCc3ccccc32)=C2CC2)[C@@H]2CCCCO2)cc1Cl. The highest BCUT2D eigenvalue weighted by atomic mass is 35.5. The molecule has 4 heteroatoms. The van der Waals surface area contributed by atoms with Crippen LogP contribution in [0.4, 0.5) is 0 Å². The standard InChI is InChI=1S/C25H26Cl2O2/c26-20-12-10-18(15-21(20)27)24(23-7-3-4-14-28-23)25(17-8-9-17)29-22-13-11-16-5-1-2-6-19(16)22/h1-2,5-6,10,12,15,22-24H,3-4,7-9,11,13-14H2/t22?,23-,24+/m0/s1. The van der Waals surface area contributed by atoms with Crippen LogP contribution in [0.3, 0.4) is 0 Å². The summed E-state index contributed by atoms with van der Waals surface area (Å²) in [6, 6.07) is 14.7. The van der Waals surface area contributed by atoms with Crippen molar-refractivity contribution in [2.45, 2.75) is 63.1 Å². The zero-order valence-corrected chi connectivity index (χ0v) is 18.0. The van der Waals surface area contributed by atoms with Crippen molar-refractivity contribution >= 4 is 23.2 Å². The molecule has 2 aromatic rings. The average Bonchev–Trinajstić information content (AvgIpc) is 3.52. The van der Waals surface area contributed by atoms with E-state index in [1.54, 1.807) is 0 Å². The smallest absolute Gasteiger partial charge is 0.124 e. The van der Waals surface area contributed by atoms with Gasteiger partial charge >= 0.3 is 0 Å². The lowest BCUT2D eigenvalue weighted by Crippen LogP contribution is -2.29. The number of aryl methyl sites for hydroxylation is 1. The van der Waals surface area contributed by atoms with Crippen molar-refractivity contribution in [3.8, 4) is 0 Å². The maximum atomic E-state index is 6.83. The number of rotatable bonds is 5. The molecule has 29 heavy (non-hydrogen) atoms. The van der Waals surface area contributed by atoms with Crippen LogP contribution in [0.25, 0.3) is 0 Å². The van der Waals surface area contributed by atoms with E-state index in [0.717, 1.165) is 56.5 Å². The van der Waals surface area contributed by atoms with E-state index in [1.165, 1.54) is 23.1 Å². The molecule has 0 N–H and O–H groups in total. The minimum atomic E-state index is 0.0790. The van der Waals surface area contributed by atoms with Crippen LogP contribution in [-0.2, 0) is 15.9 Å². The predicted molar refractivity (Wildman–Crippen MR) is 118 cm³/mol. The van der Waals surface area contributed by atoms with E-state index in [1.807, 2.05) is 12.1 Å². The first-order valence-electron chi connectivity index (χ1n) is 10.7. The van der Waals surface area contributed by atoms with Crippen molar-refractivity contribution in [1.29, 1.82) is 0 Å². The van der Waals surface area contributed by atoms with Gasteiger partial charge in [-0.25, -0.2) is 0 Å². The number of halogens is 2. The molecule has 1 aliphatic heterocycles. The molecule has 2 fully saturated rings. The van der Waals surface area contributed by atoms with Crippen LogP contribution >= 0.6 is 23.2 Å². The number of ether oxygens (including phenoxy) is 2. The molecule has 2 aliphatic carbocycles. The molecular weight excluding hydrogens is 403 g/mol. The monoisotopic (exact) mass is 428 g/mol. The Morgan fingerprint density at radius 3 is 2.59 bits per heavy atom. The third-order valence-corrected chi connectivity index (χ3v) is 7.11. The highest BCUT2D eigenvalue weighted by Crippen LogP contribution is 2.47. The van der Waals surface area contributed by atoms with Crippen molar-refractivity contribution in [2.24, 2.45) is 0 Å². The van der Waals surface area contributed by atoms with Crippen LogP contribution in [-0.4, -0.2) is 12.7 Å². The summed E-state index contributed by atoms with van der Waals surface area (Å²) in [6.07, 6.45) is 7.99. The Balaban J connectivity index is 1.51. The van der Waals surface area contributed by atoms with Crippen LogP contribution in [0.5, 0.6) is 0 Å². The molecular formula is C25H26Cl2O2. The largest absolute Gasteiger partial charge is 0.489 e. The topological polar surface area (TPSA) is 18.5 Å². The summed E-state index contributed by atoms with van der Waals surface area (Å²) in [5.74, 6) is 1.20. The Bertz CT molecular complexity index is 924. The fourth-order valence-corrected chi connectivity index (χ4v) is 5.05. The van der Waals surface area contributed by atoms with Gasteiger partial charge in [-0.3, -0.25) is 0 Å². The molecule has 0 spiro atoms. The quantitative estimate of drug-likeness (QED) is 0.461. The Morgan fingerprint density at radius 2 is 1.83 bits per heavy atom. The lowest BCUT2D eigenvalue weighted by atomic mass is 9.86. The fraction of sp³-hybridized carbons (Fsp3) is 0.440. The molecule has 0 radical (unpaired) electrons.